The highest BCUT2D eigenvalue weighted by Crippen LogP contribution is 2.33. The molecule has 2 rings (SSSR count). The molecule has 18 heavy (non-hydrogen) atoms. The average molecular weight is 266 g/mol. The molecule has 98 valence electrons. The van der Waals surface area contributed by atoms with Crippen molar-refractivity contribution in [2.24, 2.45) is 7.05 Å². The predicted molar refractivity (Wildman–Crippen MR) is 70.5 cm³/mol. The Bertz CT molecular complexity index is 526. The zero-order valence-electron chi connectivity index (χ0n) is 11.3. The molecule has 0 aromatic carbocycles. The third-order valence-corrected chi connectivity index (χ3v) is 3.68. The minimum absolute atomic E-state index is 0.0879. The normalized spacial score (nSPS) is 13.8. The van der Waals surface area contributed by atoms with Gasteiger partial charge in [-0.1, -0.05) is 37.7 Å². The van der Waals surface area contributed by atoms with E-state index in [1.54, 1.807) is 18.0 Å². The summed E-state index contributed by atoms with van der Waals surface area (Å²) in [5.41, 5.74) is -0.0879. The van der Waals surface area contributed by atoms with E-state index in [-0.39, 0.29) is 10.7 Å². The van der Waals surface area contributed by atoms with Crippen LogP contribution in [0.5, 0.6) is 0 Å². The lowest BCUT2D eigenvalue weighted by Crippen LogP contribution is -2.13. The van der Waals surface area contributed by atoms with Crippen LogP contribution in [0.15, 0.2) is 22.1 Å². The lowest BCUT2D eigenvalue weighted by atomic mass is 9.96. The average Bonchev–Trinajstić information content (AvgIpc) is 2.87. The first-order valence-electron chi connectivity index (χ1n) is 5.86. The fraction of sp³-hybridized carbons (Fsp3) is 0.583. The number of imidazole rings is 1. The molecule has 0 radical (unpaired) electrons. The molecule has 0 unspecified atom stereocenters. The molecule has 0 aliphatic carbocycles. The molecule has 0 fully saturated rings. The van der Waals surface area contributed by atoms with Gasteiger partial charge in [0.05, 0.1) is 5.25 Å². The molecular formula is C12H18N4OS. The molecular weight excluding hydrogens is 248 g/mol. The predicted octanol–water partition coefficient (Wildman–Crippen LogP) is 2.95. The van der Waals surface area contributed by atoms with Gasteiger partial charge in [-0.2, -0.15) is 4.98 Å². The summed E-state index contributed by atoms with van der Waals surface area (Å²) in [6.45, 7) is 8.24. The summed E-state index contributed by atoms with van der Waals surface area (Å²) in [5, 5.41) is 5.07. The van der Waals surface area contributed by atoms with Crippen molar-refractivity contribution in [3.63, 3.8) is 0 Å². The minimum Gasteiger partial charge on any atom is -0.338 e. The molecule has 2 aromatic heterocycles. The molecule has 6 heteroatoms. The Kier molecular flexibility index (Phi) is 3.47. The highest BCUT2D eigenvalue weighted by atomic mass is 32.2. The van der Waals surface area contributed by atoms with Gasteiger partial charge in [0.1, 0.15) is 0 Å². The van der Waals surface area contributed by atoms with Gasteiger partial charge < -0.3 is 9.09 Å². The molecule has 0 saturated carbocycles. The van der Waals surface area contributed by atoms with Crippen LogP contribution in [0.1, 0.15) is 44.7 Å². The van der Waals surface area contributed by atoms with Crippen molar-refractivity contribution in [2.75, 3.05) is 0 Å². The highest BCUT2D eigenvalue weighted by molar-refractivity contribution is 7.99. The first kappa shape index (κ1) is 13.1. The van der Waals surface area contributed by atoms with Gasteiger partial charge in [-0.25, -0.2) is 4.98 Å². The summed E-state index contributed by atoms with van der Waals surface area (Å²) in [7, 11) is 1.97. The largest absolute Gasteiger partial charge is 0.338 e. The van der Waals surface area contributed by atoms with Crippen molar-refractivity contribution in [1.29, 1.82) is 0 Å². The van der Waals surface area contributed by atoms with E-state index in [0.717, 1.165) is 11.0 Å². The van der Waals surface area contributed by atoms with Gasteiger partial charge in [0, 0.05) is 24.9 Å². The molecule has 0 aliphatic heterocycles. The maximum Gasteiger partial charge on any atom is 0.239 e. The molecule has 2 heterocycles. The topological polar surface area (TPSA) is 56.7 Å². The molecule has 2 aromatic rings. The van der Waals surface area contributed by atoms with E-state index in [9.17, 15) is 0 Å². The van der Waals surface area contributed by atoms with E-state index in [2.05, 4.69) is 35.9 Å². The number of aryl methyl sites for hydroxylation is 1. The Balaban J connectivity index is 2.12. The van der Waals surface area contributed by atoms with E-state index >= 15 is 0 Å². The van der Waals surface area contributed by atoms with Crippen molar-refractivity contribution < 1.29 is 4.52 Å². The van der Waals surface area contributed by atoms with Crippen molar-refractivity contribution >= 4 is 11.8 Å². The maximum atomic E-state index is 5.32. The van der Waals surface area contributed by atoms with Crippen LogP contribution in [0.4, 0.5) is 0 Å². The zero-order chi connectivity index (χ0) is 13.3. The summed E-state index contributed by atoms with van der Waals surface area (Å²) in [4.78, 5) is 8.73. The molecule has 0 N–H and O–H groups in total. The first-order valence-corrected chi connectivity index (χ1v) is 6.74. The van der Waals surface area contributed by atoms with Gasteiger partial charge >= 0.3 is 0 Å². The first-order chi connectivity index (χ1) is 8.38. The van der Waals surface area contributed by atoms with Gasteiger partial charge in [-0.3, -0.25) is 0 Å². The van der Waals surface area contributed by atoms with E-state index in [1.165, 1.54) is 0 Å². The second-order valence-electron chi connectivity index (χ2n) is 5.29. The fourth-order valence-electron chi connectivity index (χ4n) is 1.38. The van der Waals surface area contributed by atoms with Crippen molar-refractivity contribution in [3.05, 3.63) is 24.1 Å². The second kappa shape index (κ2) is 4.76. The zero-order valence-corrected chi connectivity index (χ0v) is 12.2. The Morgan fingerprint density at radius 3 is 2.61 bits per heavy atom. The number of aromatic nitrogens is 4. The highest BCUT2D eigenvalue weighted by Gasteiger charge is 2.24. The van der Waals surface area contributed by atoms with Crippen LogP contribution >= 0.6 is 11.8 Å². The molecule has 0 spiro atoms. The number of nitrogens with zero attached hydrogens (tertiary/aromatic N) is 4. The van der Waals surface area contributed by atoms with Crippen LogP contribution in [-0.4, -0.2) is 19.7 Å². The van der Waals surface area contributed by atoms with Crippen molar-refractivity contribution in [3.8, 4) is 0 Å². The van der Waals surface area contributed by atoms with E-state index in [0.29, 0.717) is 5.89 Å². The van der Waals surface area contributed by atoms with E-state index in [1.807, 2.05) is 24.7 Å². The van der Waals surface area contributed by atoms with Crippen LogP contribution in [0.3, 0.4) is 0 Å². The lowest BCUT2D eigenvalue weighted by molar-refractivity contribution is 0.364. The van der Waals surface area contributed by atoms with Gasteiger partial charge in [-0.05, 0) is 6.92 Å². The second-order valence-corrected chi connectivity index (χ2v) is 6.59. The van der Waals surface area contributed by atoms with E-state index in [4.69, 9.17) is 4.52 Å². The van der Waals surface area contributed by atoms with Crippen molar-refractivity contribution in [1.82, 2.24) is 19.7 Å². The quantitative estimate of drug-likeness (QED) is 0.799. The minimum atomic E-state index is -0.0879. The Hall–Kier alpha value is -1.30. The SMILES string of the molecule is C[C@@H](Sc1nccn1C)c1nc(C(C)(C)C)no1. The van der Waals surface area contributed by atoms with Crippen molar-refractivity contribution in [2.45, 2.75) is 43.5 Å². The lowest BCUT2D eigenvalue weighted by Gasteiger charge is -2.11. The van der Waals surface area contributed by atoms with E-state index < -0.39 is 0 Å². The molecule has 0 amide bonds. The summed E-state index contributed by atoms with van der Waals surface area (Å²) in [5.74, 6) is 1.39. The van der Waals surface area contributed by atoms with Crippen LogP contribution in [0, 0.1) is 0 Å². The number of thioether (sulfide) groups is 1. The third kappa shape index (κ3) is 2.75. The van der Waals surface area contributed by atoms with Gasteiger partial charge in [0.2, 0.25) is 5.89 Å². The van der Waals surface area contributed by atoms with Gasteiger partial charge in [-0.15, -0.1) is 0 Å². The monoisotopic (exact) mass is 266 g/mol. The maximum absolute atomic E-state index is 5.32. The summed E-state index contributed by atoms with van der Waals surface area (Å²) in [6, 6.07) is 0. The third-order valence-electron chi connectivity index (χ3n) is 2.52. The van der Waals surface area contributed by atoms with Gasteiger partial charge in [0.15, 0.2) is 11.0 Å². The summed E-state index contributed by atoms with van der Waals surface area (Å²) >= 11 is 1.61. The summed E-state index contributed by atoms with van der Waals surface area (Å²) in [6.07, 6.45) is 3.70. The molecule has 5 nitrogen and oxygen atoms in total. The Morgan fingerprint density at radius 1 is 1.39 bits per heavy atom. The van der Waals surface area contributed by atoms with Crippen LogP contribution in [-0.2, 0) is 12.5 Å². The summed E-state index contributed by atoms with van der Waals surface area (Å²) < 4.78 is 7.30. The van der Waals surface area contributed by atoms with Crippen LogP contribution in [0.2, 0.25) is 0 Å². The Morgan fingerprint density at radius 2 is 2.11 bits per heavy atom. The standard InChI is InChI=1S/C12H18N4OS/c1-8(18-11-13-6-7-16(11)5)9-14-10(15-17-9)12(2,3)4/h6-8H,1-5H3/t8-/m1/s1. The molecule has 0 aliphatic rings. The van der Waals surface area contributed by atoms with Gasteiger partial charge in [0.25, 0.3) is 0 Å². The fourth-order valence-corrected chi connectivity index (χ4v) is 2.24. The number of hydrogen-bond donors (Lipinski definition) is 0. The van der Waals surface area contributed by atoms with Crippen LogP contribution in [0.25, 0.3) is 0 Å². The smallest absolute Gasteiger partial charge is 0.239 e. The molecule has 0 bridgehead atoms. The molecule has 1 atom stereocenters. The number of rotatable bonds is 3. The molecule has 0 saturated heterocycles. The number of hydrogen-bond acceptors (Lipinski definition) is 5. The van der Waals surface area contributed by atoms with Crippen LogP contribution < -0.4 is 0 Å². The Labute approximate surface area is 111 Å².